The van der Waals surface area contributed by atoms with E-state index in [1.54, 1.807) is 11.8 Å². The molecule has 1 aromatic rings. The molecule has 0 spiro atoms. The summed E-state index contributed by atoms with van der Waals surface area (Å²) in [6, 6.07) is 7.81. The lowest BCUT2D eigenvalue weighted by molar-refractivity contribution is -0.131. The minimum atomic E-state index is -0.237. The van der Waals surface area contributed by atoms with Crippen molar-refractivity contribution < 1.29 is 9.59 Å². The van der Waals surface area contributed by atoms with E-state index < -0.39 is 0 Å². The Bertz CT molecular complexity index is 1010. The van der Waals surface area contributed by atoms with E-state index in [0.717, 1.165) is 48.1 Å². The molecule has 0 N–H and O–H groups in total. The molecule has 0 radical (unpaired) electrons. The van der Waals surface area contributed by atoms with Gasteiger partial charge in [-0.2, -0.15) is 4.99 Å². The maximum Gasteiger partial charge on any atom is 0.261 e. The maximum atomic E-state index is 12.7. The molecule has 1 saturated heterocycles. The van der Waals surface area contributed by atoms with Crippen LogP contribution in [0.4, 0.5) is 5.69 Å². The molecule has 1 atom stereocenters. The molecule has 1 aliphatic carbocycles. The summed E-state index contributed by atoms with van der Waals surface area (Å²) < 4.78 is 0. The Morgan fingerprint density at radius 2 is 1.94 bits per heavy atom. The number of nitrogens with zero attached hydrogens (tertiary/aromatic N) is 4. The van der Waals surface area contributed by atoms with Crippen molar-refractivity contribution in [2.24, 2.45) is 15.9 Å². The predicted molar refractivity (Wildman–Crippen MR) is 126 cm³/mol. The van der Waals surface area contributed by atoms with Crippen molar-refractivity contribution in [2.45, 2.75) is 38.5 Å². The van der Waals surface area contributed by atoms with Crippen LogP contribution in [0, 0.1) is 5.92 Å². The molecule has 6 nitrogen and oxygen atoms in total. The molecular weight excluding hydrogens is 432 g/mol. The van der Waals surface area contributed by atoms with Crippen molar-refractivity contribution in [1.82, 2.24) is 4.90 Å². The Hall–Kier alpha value is -2.12. The van der Waals surface area contributed by atoms with E-state index in [0.29, 0.717) is 31.8 Å². The number of fused-ring (bicyclic) bond motifs is 2. The van der Waals surface area contributed by atoms with Crippen molar-refractivity contribution in [3.05, 3.63) is 39.8 Å². The third-order valence-electron chi connectivity index (χ3n) is 6.37. The van der Waals surface area contributed by atoms with Crippen molar-refractivity contribution >= 4 is 51.7 Å². The number of piperazine rings is 1. The number of benzene rings is 1. The van der Waals surface area contributed by atoms with Crippen LogP contribution in [0.3, 0.4) is 0 Å². The molecule has 5 rings (SSSR count). The number of halogens is 1. The topological polar surface area (TPSA) is 65.3 Å². The van der Waals surface area contributed by atoms with Gasteiger partial charge in [0.15, 0.2) is 0 Å². The highest BCUT2D eigenvalue weighted by Gasteiger charge is 2.40. The molecule has 8 heteroatoms. The summed E-state index contributed by atoms with van der Waals surface area (Å²) in [6.45, 7) is 2.92. The van der Waals surface area contributed by atoms with Crippen molar-refractivity contribution in [3.63, 3.8) is 0 Å². The van der Waals surface area contributed by atoms with Crippen LogP contribution >= 0.6 is 23.4 Å². The minimum Gasteiger partial charge on any atom is -0.368 e. The number of amidine groups is 1. The van der Waals surface area contributed by atoms with Crippen LogP contribution in [-0.2, 0) is 9.59 Å². The third kappa shape index (κ3) is 4.30. The lowest BCUT2D eigenvalue weighted by Gasteiger charge is -2.36. The molecule has 31 heavy (non-hydrogen) atoms. The molecule has 3 heterocycles. The Labute approximate surface area is 191 Å². The van der Waals surface area contributed by atoms with Gasteiger partial charge in [-0.15, -0.1) is 0 Å². The van der Waals surface area contributed by atoms with E-state index in [1.165, 1.54) is 16.9 Å². The van der Waals surface area contributed by atoms with Gasteiger partial charge in [0.2, 0.25) is 5.91 Å². The Morgan fingerprint density at radius 1 is 1.13 bits per heavy atom. The normalized spacial score (nSPS) is 23.4. The highest BCUT2D eigenvalue weighted by Crippen LogP contribution is 2.47. The van der Waals surface area contributed by atoms with Crippen molar-refractivity contribution in [1.29, 1.82) is 0 Å². The quantitative estimate of drug-likeness (QED) is 0.677. The molecule has 0 saturated carbocycles. The summed E-state index contributed by atoms with van der Waals surface area (Å²) >= 11 is 7.76. The minimum absolute atomic E-state index is 0.0954. The van der Waals surface area contributed by atoms with E-state index in [1.807, 2.05) is 29.2 Å². The van der Waals surface area contributed by atoms with E-state index in [2.05, 4.69) is 14.9 Å². The molecular formula is C23H25ClN4O2S. The smallest absolute Gasteiger partial charge is 0.261 e. The maximum absolute atomic E-state index is 12.7. The number of hydrogen-bond acceptors (Lipinski definition) is 5. The fourth-order valence-corrected chi connectivity index (χ4v) is 6.26. The lowest BCUT2D eigenvalue weighted by Crippen LogP contribution is -2.48. The third-order valence-corrected chi connectivity index (χ3v) is 7.86. The zero-order valence-corrected chi connectivity index (χ0v) is 18.9. The number of thioether (sulfide) groups is 1. The van der Waals surface area contributed by atoms with E-state index >= 15 is 0 Å². The SMILES string of the molecule is O=C1N=C(CCC(=O)N2CCN(c3cccc(Cl)c3)CC2)N=C2SC3=C(CCCC3)C12. The molecule has 1 unspecified atom stereocenters. The molecule has 0 aromatic heterocycles. The number of amides is 2. The van der Waals surface area contributed by atoms with Gasteiger partial charge in [0.05, 0.1) is 5.04 Å². The summed E-state index contributed by atoms with van der Waals surface area (Å²) in [5, 5.41) is 1.60. The fourth-order valence-electron chi connectivity index (χ4n) is 4.72. The number of anilines is 1. The molecule has 2 amide bonds. The molecule has 162 valence electrons. The summed E-state index contributed by atoms with van der Waals surface area (Å²) in [7, 11) is 0. The van der Waals surface area contributed by atoms with Gasteiger partial charge < -0.3 is 9.80 Å². The molecule has 1 aromatic carbocycles. The number of carbonyl (C=O) groups is 2. The summed E-state index contributed by atoms with van der Waals surface area (Å²) in [6.07, 6.45) is 5.13. The molecule has 0 bridgehead atoms. The highest BCUT2D eigenvalue weighted by atomic mass is 35.5. The zero-order chi connectivity index (χ0) is 21.4. The summed E-state index contributed by atoms with van der Waals surface area (Å²) in [5.41, 5.74) is 2.34. The average molecular weight is 457 g/mol. The zero-order valence-electron chi connectivity index (χ0n) is 17.3. The van der Waals surface area contributed by atoms with Crippen LogP contribution in [0.5, 0.6) is 0 Å². The van der Waals surface area contributed by atoms with Crippen molar-refractivity contribution in [2.75, 3.05) is 31.1 Å². The second kappa shape index (κ2) is 8.79. The number of hydrogen-bond donors (Lipinski definition) is 0. The van der Waals surface area contributed by atoms with Crippen LogP contribution in [0.1, 0.15) is 38.5 Å². The van der Waals surface area contributed by atoms with Gasteiger partial charge in [-0.05, 0) is 54.4 Å². The first-order valence-corrected chi connectivity index (χ1v) is 12.2. The average Bonchev–Trinajstić information content (AvgIpc) is 3.16. The van der Waals surface area contributed by atoms with Crippen LogP contribution in [0.15, 0.2) is 44.7 Å². The number of carbonyl (C=O) groups excluding carboxylic acids is 2. The van der Waals surface area contributed by atoms with Gasteiger partial charge in [0.25, 0.3) is 5.91 Å². The van der Waals surface area contributed by atoms with Gasteiger partial charge in [-0.3, -0.25) is 9.59 Å². The van der Waals surface area contributed by atoms with Gasteiger partial charge in [0.1, 0.15) is 11.8 Å². The standard InChI is InChI=1S/C23H25ClN4O2S/c24-15-4-3-5-16(14-15)27-10-12-28(13-11-27)20(29)9-8-19-25-22(30)21-17-6-1-2-7-18(17)31-23(21)26-19/h3-5,14,21H,1-2,6-13H2. The first kappa shape index (κ1) is 20.8. The number of rotatable bonds is 4. The molecule has 4 aliphatic rings. The number of aliphatic imine (C=N–C) groups is 2. The van der Waals surface area contributed by atoms with E-state index in [9.17, 15) is 9.59 Å². The van der Waals surface area contributed by atoms with E-state index in [-0.39, 0.29) is 17.7 Å². The van der Waals surface area contributed by atoms with Gasteiger partial charge in [0, 0.05) is 49.7 Å². The van der Waals surface area contributed by atoms with Gasteiger partial charge in [-0.25, -0.2) is 4.99 Å². The summed E-state index contributed by atoms with van der Waals surface area (Å²) in [4.78, 5) is 39.8. The second-order valence-corrected chi connectivity index (χ2v) is 9.91. The van der Waals surface area contributed by atoms with Crippen LogP contribution in [-0.4, -0.2) is 53.8 Å². The highest BCUT2D eigenvalue weighted by molar-refractivity contribution is 8.17. The van der Waals surface area contributed by atoms with Gasteiger partial charge in [-0.1, -0.05) is 29.4 Å². The van der Waals surface area contributed by atoms with Crippen molar-refractivity contribution in [3.8, 4) is 0 Å². The van der Waals surface area contributed by atoms with Crippen LogP contribution in [0.2, 0.25) is 5.02 Å². The Morgan fingerprint density at radius 3 is 2.74 bits per heavy atom. The monoisotopic (exact) mass is 456 g/mol. The van der Waals surface area contributed by atoms with Gasteiger partial charge >= 0.3 is 0 Å². The number of allylic oxidation sites excluding steroid dienone is 1. The van der Waals surface area contributed by atoms with Crippen LogP contribution in [0.25, 0.3) is 0 Å². The first-order valence-electron chi connectivity index (χ1n) is 11.0. The van der Waals surface area contributed by atoms with Crippen LogP contribution < -0.4 is 4.90 Å². The molecule has 3 aliphatic heterocycles. The predicted octanol–water partition coefficient (Wildman–Crippen LogP) is 4.30. The largest absolute Gasteiger partial charge is 0.368 e. The molecule has 1 fully saturated rings. The lowest BCUT2D eigenvalue weighted by atomic mass is 9.89. The fraction of sp³-hybridized carbons (Fsp3) is 0.478. The summed E-state index contributed by atoms with van der Waals surface area (Å²) in [5.74, 6) is 0.274. The first-order chi connectivity index (χ1) is 15.1. The van der Waals surface area contributed by atoms with E-state index in [4.69, 9.17) is 11.6 Å². The second-order valence-electron chi connectivity index (χ2n) is 8.35. The Kier molecular flexibility index (Phi) is 5.89. The Balaban J connectivity index is 1.15.